The molecule has 0 amide bonds. The Labute approximate surface area is 159 Å². The van der Waals surface area contributed by atoms with Crippen LogP contribution in [0.3, 0.4) is 0 Å². The molecule has 8 heteroatoms. The Morgan fingerprint density at radius 1 is 1.11 bits per heavy atom. The standard InChI is InChI=1S/C20H16N4O4/c1-13-22-17-8-4-2-6-15(17)20(25)23(13)21-12-14-10-11-19(28-14)16-7-3-5-9-18(16)24(26)27/h2-11,21H,12H2,1H3. The van der Waals surface area contributed by atoms with E-state index < -0.39 is 4.92 Å². The minimum atomic E-state index is -0.445. The van der Waals surface area contributed by atoms with E-state index in [4.69, 9.17) is 4.42 Å². The number of nitrogens with one attached hydrogen (secondary N) is 1. The second-order valence-electron chi connectivity index (χ2n) is 6.19. The molecule has 4 aromatic rings. The molecular weight excluding hydrogens is 360 g/mol. The highest BCUT2D eigenvalue weighted by atomic mass is 16.6. The molecule has 2 aromatic heterocycles. The fourth-order valence-corrected chi connectivity index (χ4v) is 3.05. The Hall–Kier alpha value is -3.94. The van der Waals surface area contributed by atoms with Crippen molar-refractivity contribution in [3.8, 4) is 11.3 Å². The molecule has 0 saturated heterocycles. The van der Waals surface area contributed by atoms with Gasteiger partial charge in [0.2, 0.25) is 0 Å². The van der Waals surface area contributed by atoms with Crippen LogP contribution in [0.4, 0.5) is 5.69 Å². The molecule has 2 aromatic carbocycles. The van der Waals surface area contributed by atoms with E-state index in [2.05, 4.69) is 10.4 Å². The van der Waals surface area contributed by atoms with Gasteiger partial charge in [0.05, 0.1) is 27.9 Å². The molecule has 0 bridgehead atoms. The molecule has 0 spiro atoms. The van der Waals surface area contributed by atoms with Crippen LogP contribution in [-0.2, 0) is 6.54 Å². The van der Waals surface area contributed by atoms with Gasteiger partial charge in [0, 0.05) is 6.07 Å². The van der Waals surface area contributed by atoms with Gasteiger partial charge in [-0.25, -0.2) is 9.66 Å². The molecule has 2 heterocycles. The van der Waals surface area contributed by atoms with E-state index in [9.17, 15) is 14.9 Å². The SMILES string of the molecule is Cc1nc2ccccc2c(=O)n1NCc1ccc(-c2ccccc2[N+](=O)[O-])o1. The van der Waals surface area contributed by atoms with Crippen molar-refractivity contribution < 1.29 is 9.34 Å². The fraction of sp³-hybridized carbons (Fsp3) is 0.100. The number of aromatic nitrogens is 2. The first-order valence-electron chi connectivity index (χ1n) is 8.59. The number of fused-ring (bicyclic) bond motifs is 1. The van der Waals surface area contributed by atoms with E-state index in [-0.39, 0.29) is 17.8 Å². The Morgan fingerprint density at radius 3 is 2.68 bits per heavy atom. The van der Waals surface area contributed by atoms with Gasteiger partial charge in [-0.05, 0) is 37.3 Å². The van der Waals surface area contributed by atoms with Crippen LogP contribution in [0.25, 0.3) is 22.2 Å². The molecule has 0 aliphatic heterocycles. The van der Waals surface area contributed by atoms with Crippen LogP contribution in [0.1, 0.15) is 11.6 Å². The average Bonchev–Trinajstić information content (AvgIpc) is 3.16. The van der Waals surface area contributed by atoms with Gasteiger partial charge in [-0.1, -0.05) is 24.3 Å². The molecular formula is C20H16N4O4. The zero-order chi connectivity index (χ0) is 19.7. The van der Waals surface area contributed by atoms with Gasteiger partial charge in [0.15, 0.2) is 0 Å². The summed E-state index contributed by atoms with van der Waals surface area (Å²) in [5, 5.41) is 11.7. The molecule has 0 atom stereocenters. The first-order valence-corrected chi connectivity index (χ1v) is 8.59. The molecule has 0 aliphatic rings. The van der Waals surface area contributed by atoms with E-state index in [1.165, 1.54) is 10.7 Å². The summed E-state index contributed by atoms with van der Waals surface area (Å²) in [6.07, 6.45) is 0. The number of aryl methyl sites for hydroxylation is 1. The van der Waals surface area contributed by atoms with Crippen molar-refractivity contribution in [2.75, 3.05) is 5.43 Å². The lowest BCUT2D eigenvalue weighted by Gasteiger charge is -2.12. The highest BCUT2D eigenvalue weighted by Crippen LogP contribution is 2.30. The lowest BCUT2D eigenvalue weighted by Crippen LogP contribution is -2.31. The summed E-state index contributed by atoms with van der Waals surface area (Å²) in [4.78, 5) is 27.9. The molecule has 0 radical (unpaired) electrons. The molecule has 0 fully saturated rings. The maximum absolute atomic E-state index is 12.7. The number of nitro benzene ring substituents is 1. The van der Waals surface area contributed by atoms with Crippen LogP contribution < -0.4 is 11.0 Å². The van der Waals surface area contributed by atoms with Gasteiger partial charge in [-0.2, -0.15) is 0 Å². The molecule has 4 rings (SSSR count). The van der Waals surface area contributed by atoms with Crippen LogP contribution in [-0.4, -0.2) is 14.6 Å². The Morgan fingerprint density at radius 2 is 1.86 bits per heavy atom. The molecule has 0 saturated carbocycles. The summed E-state index contributed by atoms with van der Waals surface area (Å²) in [5.74, 6) is 1.45. The molecule has 0 unspecified atom stereocenters. The zero-order valence-corrected chi connectivity index (χ0v) is 15.0. The van der Waals surface area contributed by atoms with Gasteiger partial charge < -0.3 is 9.84 Å². The number of nitro groups is 1. The molecule has 28 heavy (non-hydrogen) atoms. The van der Waals surface area contributed by atoms with Crippen molar-refractivity contribution in [1.29, 1.82) is 0 Å². The fourth-order valence-electron chi connectivity index (χ4n) is 3.05. The highest BCUT2D eigenvalue weighted by Gasteiger charge is 2.17. The predicted octanol–water partition coefficient (Wildman–Crippen LogP) is 3.62. The van der Waals surface area contributed by atoms with Crippen molar-refractivity contribution in [2.24, 2.45) is 0 Å². The average molecular weight is 376 g/mol. The lowest BCUT2D eigenvalue weighted by molar-refractivity contribution is -0.384. The second-order valence-corrected chi connectivity index (χ2v) is 6.19. The van der Waals surface area contributed by atoms with Gasteiger partial charge in [-0.3, -0.25) is 14.9 Å². The predicted molar refractivity (Wildman–Crippen MR) is 105 cm³/mol. The summed E-state index contributed by atoms with van der Waals surface area (Å²) in [6.45, 7) is 1.96. The van der Waals surface area contributed by atoms with Crippen molar-refractivity contribution in [2.45, 2.75) is 13.5 Å². The van der Waals surface area contributed by atoms with E-state index in [1.807, 2.05) is 6.07 Å². The molecule has 1 N–H and O–H groups in total. The third-order valence-corrected chi connectivity index (χ3v) is 4.38. The maximum Gasteiger partial charge on any atom is 0.280 e. The van der Waals surface area contributed by atoms with E-state index >= 15 is 0 Å². The second kappa shape index (κ2) is 6.99. The van der Waals surface area contributed by atoms with Crippen molar-refractivity contribution in [1.82, 2.24) is 9.66 Å². The van der Waals surface area contributed by atoms with Gasteiger partial charge in [-0.15, -0.1) is 0 Å². The highest BCUT2D eigenvalue weighted by molar-refractivity contribution is 5.77. The normalized spacial score (nSPS) is 10.9. The number of nitrogens with zero attached hydrogens (tertiary/aromatic N) is 3. The Balaban J connectivity index is 1.61. The third-order valence-electron chi connectivity index (χ3n) is 4.38. The molecule has 8 nitrogen and oxygen atoms in total. The Kier molecular flexibility index (Phi) is 4.36. The smallest absolute Gasteiger partial charge is 0.280 e. The Bertz CT molecular complexity index is 1240. The number of furan rings is 1. The summed E-state index contributed by atoms with van der Waals surface area (Å²) in [5.41, 5.74) is 3.82. The minimum absolute atomic E-state index is 0.0258. The van der Waals surface area contributed by atoms with E-state index in [0.717, 1.165) is 0 Å². The molecule has 0 aliphatic carbocycles. The minimum Gasteiger partial charge on any atom is -0.459 e. The van der Waals surface area contributed by atoms with E-state index in [1.54, 1.807) is 55.5 Å². The van der Waals surface area contributed by atoms with Crippen LogP contribution in [0.15, 0.2) is 69.9 Å². The zero-order valence-electron chi connectivity index (χ0n) is 15.0. The first-order chi connectivity index (χ1) is 13.5. The number of para-hydroxylation sites is 2. The monoisotopic (exact) mass is 376 g/mol. The van der Waals surface area contributed by atoms with Gasteiger partial charge in [0.1, 0.15) is 17.3 Å². The van der Waals surface area contributed by atoms with Crippen molar-refractivity contribution in [3.63, 3.8) is 0 Å². The first kappa shape index (κ1) is 17.5. The summed E-state index contributed by atoms with van der Waals surface area (Å²) in [6, 6.07) is 16.9. The van der Waals surface area contributed by atoms with Crippen molar-refractivity contribution >= 4 is 16.6 Å². The summed E-state index contributed by atoms with van der Waals surface area (Å²) >= 11 is 0. The van der Waals surface area contributed by atoms with Crippen LogP contribution in [0.5, 0.6) is 0 Å². The quantitative estimate of drug-likeness (QED) is 0.421. The van der Waals surface area contributed by atoms with Crippen LogP contribution >= 0.6 is 0 Å². The van der Waals surface area contributed by atoms with E-state index in [0.29, 0.717) is 33.8 Å². The largest absolute Gasteiger partial charge is 0.459 e. The number of hydrogen-bond acceptors (Lipinski definition) is 6. The number of rotatable bonds is 5. The van der Waals surface area contributed by atoms with Crippen LogP contribution in [0.2, 0.25) is 0 Å². The number of benzene rings is 2. The summed E-state index contributed by atoms with van der Waals surface area (Å²) < 4.78 is 7.12. The molecule has 140 valence electrons. The van der Waals surface area contributed by atoms with Crippen molar-refractivity contribution in [3.05, 3.63) is 92.7 Å². The van der Waals surface area contributed by atoms with Gasteiger partial charge in [0.25, 0.3) is 11.2 Å². The van der Waals surface area contributed by atoms with Gasteiger partial charge >= 0.3 is 0 Å². The number of hydrogen-bond donors (Lipinski definition) is 1. The lowest BCUT2D eigenvalue weighted by atomic mass is 10.1. The maximum atomic E-state index is 12.7. The van der Waals surface area contributed by atoms with Crippen LogP contribution in [0, 0.1) is 17.0 Å². The summed E-state index contributed by atoms with van der Waals surface area (Å²) in [7, 11) is 0. The third kappa shape index (κ3) is 3.11. The topological polar surface area (TPSA) is 103 Å².